The third kappa shape index (κ3) is 5.36. The SMILES string of the molecule is Cn1nnc([C@H]2C[C@H](c3cc(=O)[nH]o3)CCN2)n1.O=COCc1ccccc1. The largest absolute Gasteiger partial charge is 0.463 e. The number of benzene rings is 1. The lowest BCUT2D eigenvalue weighted by atomic mass is 9.90. The molecule has 0 radical (unpaired) electrons. The normalized spacial score (nSPS) is 18.8. The highest BCUT2D eigenvalue weighted by Gasteiger charge is 2.28. The van der Waals surface area contributed by atoms with E-state index in [1.54, 1.807) is 7.05 Å². The highest BCUT2D eigenvalue weighted by atomic mass is 16.5. The molecule has 3 heterocycles. The Bertz CT molecular complexity index is 919. The van der Waals surface area contributed by atoms with Crippen LogP contribution in [0.2, 0.25) is 0 Å². The maximum absolute atomic E-state index is 11.1. The van der Waals surface area contributed by atoms with Gasteiger partial charge in [0.05, 0.1) is 13.1 Å². The predicted molar refractivity (Wildman–Crippen MR) is 98.1 cm³/mol. The summed E-state index contributed by atoms with van der Waals surface area (Å²) < 4.78 is 9.71. The Morgan fingerprint density at radius 2 is 2.18 bits per heavy atom. The molecule has 10 heteroatoms. The number of hydrogen-bond donors (Lipinski definition) is 2. The van der Waals surface area contributed by atoms with E-state index < -0.39 is 0 Å². The van der Waals surface area contributed by atoms with Gasteiger partial charge in [-0.3, -0.25) is 9.59 Å². The topological polar surface area (TPSA) is 128 Å². The van der Waals surface area contributed by atoms with Crippen molar-refractivity contribution in [2.45, 2.75) is 31.4 Å². The van der Waals surface area contributed by atoms with E-state index >= 15 is 0 Å². The monoisotopic (exact) mass is 386 g/mol. The van der Waals surface area contributed by atoms with Gasteiger partial charge >= 0.3 is 0 Å². The van der Waals surface area contributed by atoms with E-state index in [2.05, 4.69) is 30.6 Å². The number of nitrogens with one attached hydrogen (secondary N) is 2. The van der Waals surface area contributed by atoms with Crippen LogP contribution in [0.15, 0.2) is 45.7 Å². The van der Waals surface area contributed by atoms with E-state index in [0.717, 1.165) is 24.9 Å². The van der Waals surface area contributed by atoms with E-state index in [4.69, 9.17) is 4.52 Å². The highest BCUT2D eigenvalue weighted by Crippen LogP contribution is 2.32. The Hall–Kier alpha value is -3.27. The fraction of sp³-hybridized carbons (Fsp3) is 0.389. The number of carbonyl (C=O) groups excluding carboxylic acids is 1. The molecule has 2 atom stereocenters. The van der Waals surface area contributed by atoms with Crippen LogP contribution in [0.25, 0.3) is 0 Å². The molecule has 1 aromatic carbocycles. The molecule has 2 N–H and O–H groups in total. The standard InChI is InChI=1S/C10H14N6O2.C8H8O2/c1-16-13-10(12-15-16)7-4-6(2-3-11-7)8-5-9(17)14-18-8;9-7-10-6-8-4-2-1-3-5-8/h5-7,11H,2-4H2,1H3,(H,14,17);1-5,7H,6H2/t6-,7-;/m1./s1. The molecule has 3 aromatic rings. The molecular formula is C18H22N6O4. The fourth-order valence-electron chi connectivity index (χ4n) is 3.01. The van der Waals surface area contributed by atoms with E-state index in [-0.39, 0.29) is 17.5 Å². The first-order valence-electron chi connectivity index (χ1n) is 8.90. The van der Waals surface area contributed by atoms with Gasteiger partial charge in [-0.2, -0.15) is 9.95 Å². The van der Waals surface area contributed by atoms with Crippen molar-refractivity contribution in [2.75, 3.05) is 6.54 Å². The fourth-order valence-corrected chi connectivity index (χ4v) is 3.01. The number of tetrazole rings is 1. The second-order valence-corrected chi connectivity index (χ2v) is 6.37. The lowest BCUT2D eigenvalue weighted by molar-refractivity contribution is -0.129. The van der Waals surface area contributed by atoms with Crippen molar-refractivity contribution in [3.05, 3.63) is 63.9 Å². The molecule has 4 rings (SSSR count). The molecule has 1 aliphatic rings. The Labute approximate surface area is 160 Å². The third-order valence-corrected chi connectivity index (χ3v) is 4.35. The summed E-state index contributed by atoms with van der Waals surface area (Å²) in [6.07, 6.45) is 1.73. The number of piperidine rings is 1. The molecule has 0 unspecified atom stereocenters. The molecule has 0 aliphatic carbocycles. The number of hydrogen-bond acceptors (Lipinski definition) is 8. The number of carbonyl (C=O) groups is 1. The maximum Gasteiger partial charge on any atom is 0.293 e. The van der Waals surface area contributed by atoms with Crippen LogP contribution in [-0.4, -0.2) is 38.4 Å². The van der Waals surface area contributed by atoms with Gasteiger partial charge in [0.1, 0.15) is 12.4 Å². The molecule has 0 saturated carbocycles. The van der Waals surface area contributed by atoms with Gasteiger partial charge in [-0.1, -0.05) is 30.3 Å². The lowest BCUT2D eigenvalue weighted by Gasteiger charge is -2.26. The van der Waals surface area contributed by atoms with Crippen LogP contribution in [0.3, 0.4) is 0 Å². The minimum atomic E-state index is -0.197. The van der Waals surface area contributed by atoms with Crippen molar-refractivity contribution in [2.24, 2.45) is 7.05 Å². The molecule has 0 spiro atoms. The maximum atomic E-state index is 11.1. The first-order chi connectivity index (χ1) is 13.7. The quantitative estimate of drug-likeness (QED) is 0.623. The molecule has 1 aliphatic heterocycles. The summed E-state index contributed by atoms with van der Waals surface area (Å²) in [6, 6.07) is 11.1. The van der Waals surface area contributed by atoms with Crippen LogP contribution in [-0.2, 0) is 23.2 Å². The molecule has 28 heavy (non-hydrogen) atoms. The van der Waals surface area contributed by atoms with Gasteiger partial charge in [-0.25, -0.2) is 0 Å². The summed E-state index contributed by atoms with van der Waals surface area (Å²) in [5.74, 6) is 1.59. The average Bonchev–Trinajstić information content (AvgIpc) is 3.36. The number of H-pyrrole nitrogens is 1. The zero-order chi connectivity index (χ0) is 19.8. The molecule has 148 valence electrons. The van der Waals surface area contributed by atoms with Crippen molar-refractivity contribution >= 4 is 6.47 Å². The molecule has 0 bridgehead atoms. The predicted octanol–water partition coefficient (Wildman–Crippen LogP) is 1.06. The van der Waals surface area contributed by atoms with Crippen molar-refractivity contribution < 1.29 is 14.1 Å². The van der Waals surface area contributed by atoms with Crippen molar-refractivity contribution in [3.8, 4) is 0 Å². The highest BCUT2D eigenvalue weighted by molar-refractivity contribution is 5.37. The summed E-state index contributed by atoms with van der Waals surface area (Å²) >= 11 is 0. The van der Waals surface area contributed by atoms with E-state index in [0.29, 0.717) is 24.7 Å². The Morgan fingerprint density at radius 3 is 2.82 bits per heavy atom. The van der Waals surface area contributed by atoms with Crippen LogP contribution in [0.4, 0.5) is 0 Å². The number of aryl methyl sites for hydroxylation is 1. The molecule has 1 saturated heterocycles. The summed E-state index contributed by atoms with van der Waals surface area (Å²) in [5.41, 5.74) is 0.812. The van der Waals surface area contributed by atoms with Crippen LogP contribution >= 0.6 is 0 Å². The van der Waals surface area contributed by atoms with E-state index in [9.17, 15) is 9.59 Å². The van der Waals surface area contributed by atoms with Gasteiger partial charge in [0, 0.05) is 12.0 Å². The van der Waals surface area contributed by atoms with Crippen LogP contribution < -0.4 is 10.9 Å². The van der Waals surface area contributed by atoms with Crippen molar-refractivity contribution in [1.82, 2.24) is 30.7 Å². The van der Waals surface area contributed by atoms with Gasteiger partial charge in [-0.05, 0) is 30.2 Å². The number of ether oxygens (including phenoxy) is 1. The summed E-state index contributed by atoms with van der Waals surface area (Å²) in [6.45, 7) is 1.65. The Kier molecular flexibility index (Phi) is 6.68. The van der Waals surface area contributed by atoms with Crippen molar-refractivity contribution in [3.63, 3.8) is 0 Å². The minimum absolute atomic E-state index is 0.0534. The first-order valence-corrected chi connectivity index (χ1v) is 8.90. The molecule has 10 nitrogen and oxygen atoms in total. The zero-order valence-electron chi connectivity index (χ0n) is 15.4. The van der Waals surface area contributed by atoms with Crippen LogP contribution in [0.5, 0.6) is 0 Å². The average molecular weight is 386 g/mol. The van der Waals surface area contributed by atoms with E-state index in [1.807, 2.05) is 30.3 Å². The molecular weight excluding hydrogens is 364 g/mol. The minimum Gasteiger partial charge on any atom is -0.463 e. The van der Waals surface area contributed by atoms with Crippen LogP contribution in [0, 0.1) is 0 Å². The Morgan fingerprint density at radius 1 is 1.36 bits per heavy atom. The van der Waals surface area contributed by atoms with Crippen molar-refractivity contribution in [1.29, 1.82) is 0 Å². The van der Waals surface area contributed by atoms with Gasteiger partial charge in [0.2, 0.25) is 0 Å². The smallest absolute Gasteiger partial charge is 0.293 e. The number of aromatic nitrogens is 5. The second kappa shape index (κ2) is 9.60. The van der Waals surface area contributed by atoms with Gasteiger partial charge in [0.25, 0.3) is 12.0 Å². The number of nitrogens with zero attached hydrogens (tertiary/aromatic N) is 4. The summed E-state index contributed by atoms with van der Waals surface area (Å²) in [7, 11) is 1.74. The van der Waals surface area contributed by atoms with Gasteiger partial charge < -0.3 is 14.6 Å². The zero-order valence-corrected chi connectivity index (χ0v) is 15.4. The summed E-state index contributed by atoms with van der Waals surface area (Å²) in [5, 5.41) is 17.7. The Balaban J connectivity index is 0.000000192. The lowest BCUT2D eigenvalue weighted by Crippen LogP contribution is -2.31. The van der Waals surface area contributed by atoms with Gasteiger partial charge in [-0.15, -0.1) is 10.2 Å². The van der Waals surface area contributed by atoms with E-state index in [1.165, 1.54) is 10.9 Å². The third-order valence-electron chi connectivity index (χ3n) is 4.35. The molecule has 0 amide bonds. The molecule has 2 aromatic heterocycles. The summed E-state index contributed by atoms with van der Waals surface area (Å²) in [4.78, 5) is 22.3. The van der Waals surface area contributed by atoms with Gasteiger partial charge in [0.15, 0.2) is 5.82 Å². The first kappa shape index (κ1) is 19.5. The second-order valence-electron chi connectivity index (χ2n) is 6.37. The molecule has 1 fully saturated rings. The number of aromatic amines is 1. The van der Waals surface area contributed by atoms with Crippen LogP contribution in [0.1, 0.15) is 41.9 Å². The number of rotatable bonds is 5.